The van der Waals surface area contributed by atoms with E-state index in [0.29, 0.717) is 5.56 Å². The fraction of sp³-hybridized carbons (Fsp3) is 0. The summed E-state index contributed by atoms with van der Waals surface area (Å²) in [4.78, 5) is 11.1. The van der Waals surface area contributed by atoms with Crippen LogP contribution in [0.3, 0.4) is 0 Å². The van der Waals surface area contributed by atoms with E-state index in [2.05, 4.69) is 22.5 Å². The Hall–Kier alpha value is -0.960. The normalized spacial score (nSPS) is 9.50. The topological polar surface area (TPSA) is 17.1 Å². The summed E-state index contributed by atoms with van der Waals surface area (Å²) in [5.74, 6) is -0.732. The highest BCUT2D eigenvalue weighted by Gasteiger charge is 2.09. The molecular weight excluding hydrogens is 223 g/mol. The lowest BCUT2D eigenvalue weighted by Gasteiger charge is -1.99. The number of hydrogen-bond donors (Lipinski definition) is 0. The van der Waals surface area contributed by atoms with Crippen LogP contribution in [-0.4, -0.2) is 5.78 Å². The Morgan fingerprint density at radius 3 is 2.83 bits per heavy atom. The van der Waals surface area contributed by atoms with Crippen molar-refractivity contribution >= 4 is 21.7 Å². The molecule has 0 aromatic heterocycles. The first-order valence-corrected chi connectivity index (χ1v) is 4.07. The lowest BCUT2D eigenvalue weighted by Crippen LogP contribution is -1.96. The van der Waals surface area contributed by atoms with Crippen molar-refractivity contribution in [2.75, 3.05) is 0 Å². The molecule has 0 heterocycles. The molecule has 0 bridgehead atoms. The molecular formula is C9H6BrFO. The standard InChI is InChI=1S/C9H6BrFO/c1-2-8(12)6-4-3-5-7(11)9(6)10/h2-5H,1H2. The van der Waals surface area contributed by atoms with E-state index >= 15 is 0 Å². The van der Waals surface area contributed by atoms with Crippen molar-refractivity contribution in [1.29, 1.82) is 0 Å². The Bertz CT molecular complexity index is 333. The molecule has 1 rings (SSSR count). The summed E-state index contributed by atoms with van der Waals surface area (Å²) in [7, 11) is 0. The Balaban J connectivity index is 3.25. The fourth-order valence-corrected chi connectivity index (χ4v) is 1.26. The van der Waals surface area contributed by atoms with Crippen LogP contribution in [0.15, 0.2) is 35.3 Å². The SMILES string of the molecule is C=CC(=O)c1cccc(F)c1Br. The molecule has 0 unspecified atom stereocenters. The zero-order valence-electron chi connectivity index (χ0n) is 6.18. The summed E-state index contributed by atoms with van der Waals surface area (Å²) < 4.78 is 13.0. The number of rotatable bonds is 2. The Labute approximate surface area is 78.0 Å². The summed E-state index contributed by atoms with van der Waals surface area (Å²) >= 11 is 2.98. The molecule has 0 aliphatic rings. The van der Waals surface area contributed by atoms with Crippen LogP contribution in [-0.2, 0) is 0 Å². The molecule has 0 radical (unpaired) electrons. The van der Waals surface area contributed by atoms with Gasteiger partial charge in [-0.05, 0) is 34.1 Å². The second-order valence-corrected chi connectivity index (χ2v) is 2.96. The van der Waals surface area contributed by atoms with Gasteiger partial charge in [0.05, 0.1) is 4.47 Å². The maximum atomic E-state index is 12.8. The second kappa shape index (κ2) is 3.63. The highest BCUT2D eigenvalue weighted by molar-refractivity contribution is 9.10. The van der Waals surface area contributed by atoms with Crippen LogP contribution in [0, 0.1) is 5.82 Å². The number of ketones is 1. The lowest BCUT2D eigenvalue weighted by atomic mass is 10.1. The molecule has 62 valence electrons. The molecule has 0 spiro atoms. The quantitative estimate of drug-likeness (QED) is 0.562. The number of halogens is 2. The maximum Gasteiger partial charge on any atom is 0.186 e. The van der Waals surface area contributed by atoms with Crippen molar-refractivity contribution < 1.29 is 9.18 Å². The molecule has 0 saturated heterocycles. The number of carbonyl (C=O) groups excluding carboxylic acids is 1. The van der Waals surface area contributed by atoms with Gasteiger partial charge in [0.2, 0.25) is 0 Å². The average molecular weight is 229 g/mol. The van der Waals surface area contributed by atoms with Gasteiger partial charge in [-0.25, -0.2) is 4.39 Å². The first-order chi connectivity index (χ1) is 5.66. The molecule has 0 saturated carbocycles. The molecule has 12 heavy (non-hydrogen) atoms. The number of carbonyl (C=O) groups is 1. The third-order valence-corrected chi connectivity index (χ3v) is 2.21. The van der Waals surface area contributed by atoms with Crippen molar-refractivity contribution in [2.45, 2.75) is 0 Å². The molecule has 1 aromatic carbocycles. The van der Waals surface area contributed by atoms with E-state index in [4.69, 9.17) is 0 Å². The summed E-state index contributed by atoms with van der Waals surface area (Å²) in [6.07, 6.45) is 1.15. The first-order valence-electron chi connectivity index (χ1n) is 3.27. The van der Waals surface area contributed by atoms with Crippen LogP contribution in [0.5, 0.6) is 0 Å². The Morgan fingerprint density at radius 1 is 1.58 bits per heavy atom. The van der Waals surface area contributed by atoms with Crippen LogP contribution in [0.4, 0.5) is 4.39 Å². The van der Waals surface area contributed by atoms with Gasteiger partial charge in [0.25, 0.3) is 0 Å². The van der Waals surface area contributed by atoms with E-state index in [9.17, 15) is 9.18 Å². The van der Waals surface area contributed by atoms with Crippen molar-refractivity contribution in [3.8, 4) is 0 Å². The molecule has 0 atom stereocenters. The minimum absolute atomic E-state index is 0.190. The van der Waals surface area contributed by atoms with Gasteiger partial charge in [-0.1, -0.05) is 12.6 Å². The van der Waals surface area contributed by atoms with E-state index in [1.807, 2.05) is 0 Å². The van der Waals surface area contributed by atoms with Crippen LogP contribution in [0.2, 0.25) is 0 Å². The van der Waals surface area contributed by atoms with Crippen LogP contribution >= 0.6 is 15.9 Å². The Morgan fingerprint density at radius 2 is 2.25 bits per heavy atom. The number of hydrogen-bond acceptors (Lipinski definition) is 1. The van der Waals surface area contributed by atoms with Crippen LogP contribution < -0.4 is 0 Å². The monoisotopic (exact) mass is 228 g/mol. The molecule has 0 aliphatic carbocycles. The largest absolute Gasteiger partial charge is 0.289 e. The summed E-state index contributed by atoms with van der Waals surface area (Å²) in [6.45, 7) is 3.31. The molecule has 3 heteroatoms. The predicted octanol–water partition coefficient (Wildman–Crippen LogP) is 2.96. The predicted molar refractivity (Wildman–Crippen MR) is 48.6 cm³/mol. The maximum absolute atomic E-state index is 12.8. The van der Waals surface area contributed by atoms with E-state index in [1.165, 1.54) is 18.2 Å². The van der Waals surface area contributed by atoms with E-state index < -0.39 is 5.82 Å². The van der Waals surface area contributed by atoms with Gasteiger partial charge in [-0.2, -0.15) is 0 Å². The zero-order valence-corrected chi connectivity index (χ0v) is 7.77. The molecule has 1 aromatic rings. The highest BCUT2D eigenvalue weighted by Crippen LogP contribution is 2.20. The van der Waals surface area contributed by atoms with E-state index in [-0.39, 0.29) is 10.3 Å². The summed E-state index contributed by atoms with van der Waals surface area (Å²) in [5.41, 5.74) is 0.296. The smallest absolute Gasteiger partial charge is 0.186 e. The summed E-state index contributed by atoms with van der Waals surface area (Å²) in [6, 6.07) is 4.30. The summed E-state index contributed by atoms with van der Waals surface area (Å²) in [5, 5.41) is 0. The minimum atomic E-state index is -0.442. The third kappa shape index (κ3) is 1.61. The van der Waals surface area contributed by atoms with Gasteiger partial charge in [0.1, 0.15) is 5.82 Å². The lowest BCUT2D eigenvalue weighted by molar-refractivity contribution is 0.104. The molecule has 0 amide bonds. The van der Waals surface area contributed by atoms with Gasteiger partial charge in [0, 0.05) is 5.56 Å². The van der Waals surface area contributed by atoms with Gasteiger partial charge in [-0.15, -0.1) is 0 Å². The van der Waals surface area contributed by atoms with Gasteiger partial charge >= 0.3 is 0 Å². The van der Waals surface area contributed by atoms with Gasteiger partial charge < -0.3 is 0 Å². The molecule has 0 aliphatic heterocycles. The van der Waals surface area contributed by atoms with Crippen LogP contribution in [0.25, 0.3) is 0 Å². The second-order valence-electron chi connectivity index (χ2n) is 2.17. The van der Waals surface area contributed by atoms with Crippen molar-refractivity contribution in [2.24, 2.45) is 0 Å². The van der Waals surface area contributed by atoms with E-state index in [1.54, 1.807) is 0 Å². The van der Waals surface area contributed by atoms with Gasteiger partial charge in [0.15, 0.2) is 5.78 Å². The van der Waals surface area contributed by atoms with Gasteiger partial charge in [-0.3, -0.25) is 4.79 Å². The highest BCUT2D eigenvalue weighted by atomic mass is 79.9. The van der Waals surface area contributed by atoms with Crippen molar-refractivity contribution in [3.05, 3.63) is 46.7 Å². The van der Waals surface area contributed by atoms with Crippen LogP contribution in [0.1, 0.15) is 10.4 Å². The first kappa shape index (κ1) is 9.13. The fourth-order valence-electron chi connectivity index (χ4n) is 0.804. The van der Waals surface area contributed by atoms with Crippen molar-refractivity contribution in [3.63, 3.8) is 0 Å². The number of benzene rings is 1. The third-order valence-electron chi connectivity index (χ3n) is 1.40. The minimum Gasteiger partial charge on any atom is -0.289 e. The molecule has 0 N–H and O–H groups in total. The molecule has 0 fully saturated rings. The van der Waals surface area contributed by atoms with Crippen molar-refractivity contribution in [1.82, 2.24) is 0 Å². The molecule has 1 nitrogen and oxygen atoms in total. The Kier molecular flexibility index (Phi) is 2.76. The van der Waals surface area contributed by atoms with E-state index in [0.717, 1.165) is 6.08 Å². The average Bonchev–Trinajstić information content (AvgIpc) is 2.08. The zero-order chi connectivity index (χ0) is 9.14. The number of allylic oxidation sites excluding steroid dienone is 1.